The monoisotopic (exact) mass is 319 g/mol. The molecule has 0 fully saturated rings. The minimum atomic E-state index is -0.344. The fraction of sp³-hybridized carbons (Fsp3) is 0.286. The fourth-order valence-electron chi connectivity index (χ4n) is 1.62. The van der Waals surface area contributed by atoms with Gasteiger partial charge < -0.3 is 16.0 Å². The Morgan fingerprint density at radius 3 is 2.59 bits per heavy atom. The molecule has 8 heteroatoms. The average Bonchev–Trinajstić information content (AvgIpc) is 2.95. The van der Waals surface area contributed by atoms with Crippen LogP contribution in [0.5, 0.6) is 0 Å². The largest absolute Gasteiger partial charge is 0.337 e. The summed E-state index contributed by atoms with van der Waals surface area (Å²) in [6, 6.07) is 8.75. The quantitative estimate of drug-likeness (QED) is 0.761. The van der Waals surface area contributed by atoms with Crippen molar-refractivity contribution in [1.29, 1.82) is 0 Å². The summed E-state index contributed by atoms with van der Waals surface area (Å²) >= 11 is 1.35. The van der Waals surface area contributed by atoms with Crippen molar-refractivity contribution < 1.29 is 9.59 Å². The number of nitrogens with one attached hydrogen (secondary N) is 3. The molecule has 0 saturated carbocycles. The number of hydrogen-bond acceptors (Lipinski definition) is 5. The standard InChI is InChI=1S/C14H17N5O2S/c1-2-12-18-19-14(22-12)17-11(20)8-9-15-13(21)16-10-6-4-3-5-7-10/h3-7H,2,8-9H2,1H3,(H2,15,16,21)(H,17,19,20). The van der Waals surface area contributed by atoms with Crippen molar-refractivity contribution in [3.05, 3.63) is 35.3 Å². The van der Waals surface area contributed by atoms with Crippen molar-refractivity contribution in [2.24, 2.45) is 0 Å². The molecule has 0 unspecified atom stereocenters. The molecule has 2 rings (SSSR count). The Bertz CT molecular complexity index is 629. The van der Waals surface area contributed by atoms with Gasteiger partial charge in [-0.2, -0.15) is 0 Å². The number of anilines is 2. The van der Waals surface area contributed by atoms with E-state index in [0.29, 0.717) is 10.8 Å². The summed E-state index contributed by atoms with van der Waals surface area (Å²) in [5.41, 5.74) is 0.699. The molecule has 116 valence electrons. The molecule has 0 spiro atoms. The van der Waals surface area contributed by atoms with Crippen molar-refractivity contribution in [2.75, 3.05) is 17.2 Å². The second kappa shape index (κ2) is 8.08. The molecule has 22 heavy (non-hydrogen) atoms. The van der Waals surface area contributed by atoms with E-state index in [1.54, 1.807) is 12.1 Å². The summed E-state index contributed by atoms with van der Waals surface area (Å²) in [7, 11) is 0. The third-order valence-corrected chi connectivity index (χ3v) is 3.67. The molecular formula is C14H17N5O2S. The molecule has 1 aromatic heterocycles. The van der Waals surface area contributed by atoms with Crippen LogP contribution < -0.4 is 16.0 Å². The maximum Gasteiger partial charge on any atom is 0.319 e. The van der Waals surface area contributed by atoms with Gasteiger partial charge in [0.15, 0.2) is 0 Å². The van der Waals surface area contributed by atoms with Gasteiger partial charge in [-0.1, -0.05) is 36.5 Å². The zero-order chi connectivity index (χ0) is 15.8. The van der Waals surface area contributed by atoms with Crippen LogP contribution in [0.4, 0.5) is 15.6 Å². The summed E-state index contributed by atoms with van der Waals surface area (Å²) in [4.78, 5) is 23.3. The van der Waals surface area contributed by atoms with Crippen LogP contribution in [0.15, 0.2) is 30.3 Å². The van der Waals surface area contributed by atoms with Crippen LogP contribution in [-0.2, 0) is 11.2 Å². The van der Waals surface area contributed by atoms with Gasteiger partial charge in [0.25, 0.3) is 0 Å². The van der Waals surface area contributed by atoms with Gasteiger partial charge in [0, 0.05) is 18.7 Å². The van der Waals surface area contributed by atoms with Crippen LogP contribution in [-0.4, -0.2) is 28.7 Å². The Hall–Kier alpha value is -2.48. The molecule has 0 aliphatic rings. The normalized spacial score (nSPS) is 10.0. The number of rotatable bonds is 6. The molecule has 0 radical (unpaired) electrons. The van der Waals surface area contributed by atoms with E-state index in [2.05, 4.69) is 26.1 Å². The fourth-order valence-corrected chi connectivity index (χ4v) is 2.31. The van der Waals surface area contributed by atoms with Crippen LogP contribution in [0, 0.1) is 0 Å². The van der Waals surface area contributed by atoms with Crippen LogP contribution in [0.3, 0.4) is 0 Å². The number of benzene rings is 1. The van der Waals surface area contributed by atoms with Crippen molar-refractivity contribution in [1.82, 2.24) is 15.5 Å². The summed E-state index contributed by atoms with van der Waals surface area (Å²) < 4.78 is 0. The van der Waals surface area contributed by atoms with E-state index < -0.39 is 0 Å². The predicted molar refractivity (Wildman–Crippen MR) is 86.0 cm³/mol. The van der Waals surface area contributed by atoms with Crippen LogP contribution in [0.1, 0.15) is 18.4 Å². The Morgan fingerprint density at radius 1 is 1.14 bits per heavy atom. The number of aryl methyl sites for hydroxylation is 1. The molecule has 0 bridgehead atoms. The summed E-state index contributed by atoms with van der Waals surface area (Å²) in [5, 5.41) is 17.1. The number of para-hydroxylation sites is 1. The maximum atomic E-state index is 11.7. The van der Waals surface area contributed by atoms with Gasteiger partial charge in [-0.05, 0) is 18.6 Å². The summed E-state index contributed by atoms with van der Waals surface area (Å²) in [6.07, 6.45) is 0.956. The lowest BCUT2D eigenvalue weighted by molar-refractivity contribution is -0.116. The molecule has 1 heterocycles. The van der Waals surface area contributed by atoms with Gasteiger partial charge in [0.1, 0.15) is 5.01 Å². The molecule has 1 aromatic carbocycles. The van der Waals surface area contributed by atoms with Gasteiger partial charge in [-0.15, -0.1) is 10.2 Å². The minimum absolute atomic E-state index is 0.170. The molecular weight excluding hydrogens is 302 g/mol. The SMILES string of the molecule is CCc1nnc(NC(=O)CCNC(=O)Nc2ccccc2)s1. The first kappa shape index (κ1) is 15.9. The molecule has 0 aliphatic heterocycles. The lowest BCUT2D eigenvalue weighted by atomic mass is 10.3. The van der Waals surface area contributed by atoms with Crippen molar-refractivity contribution in [3.8, 4) is 0 Å². The van der Waals surface area contributed by atoms with E-state index >= 15 is 0 Å². The Labute approximate surface area is 132 Å². The highest BCUT2D eigenvalue weighted by Crippen LogP contribution is 2.15. The first-order valence-electron chi connectivity index (χ1n) is 6.89. The Kier molecular flexibility index (Phi) is 5.84. The highest BCUT2D eigenvalue weighted by molar-refractivity contribution is 7.15. The van der Waals surface area contributed by atoms with Gasteiger partial charge in [0.05, 0.1) is 0 Å². The van der Waals surface area contributed by atoms with Crippen LogP contribution in [0.25, 0.3) is 0 Å². The maximum absolute atomic E-state index is 11.7. The van der Waals surface area contributed by atoms with E-state index in [1.165, 1.54) is 11.3 Å². The molecule has 2 aromatic rings. The van der Waals surface area contributed by atoms with E-state index in [1.807, 2.05) is 25.1 Å². The number of hydrogen-bond donors (Lipinski definition) is 3. The molecule has 0 atom stereocenters. The smallest absolute Gasteiger partial charge is 0.319 e. The number of urea groups is 1. The topological polar surface area (TPSA) is 96.0 Å². The molecule has 3 N–H and O–H groups in total. The van der Waals surface area contributed by atoms with Gasteiger partial charge >= 0.3 is 6.03 Å². The van der Waals surface area contributed by atoms with Gasteiger partial charge in [-0.3, -0.25) is 4.79 Å². The molecule has 0 aliphatic carbocycles. The number of carbonyl (C=O) groups is 2. The highest BCUT2D eigenvalue weighted by atomic mass is 32.1. The van der Waals surface area contributed by atoms with E-state index in [-0.39, 0.29) is 24.9 Å². The molecule has 7 nitrogen and oxygen atoms in total. The predicted octanol–water partition coefficient (Wildman–Crippen LogP) is 2.25. The highest BCUT2D eigenvalue weighted by Gasteiger charge is 2.08. The zero-order valence-corrected chi connectivity index (χ0v) is 12.9. The summed E-state index contributed by atoms with van der Waals surface area (Å²) in [6.45, 7) is 2.21. The van der Waals surface area contributed by atoms with E-state index in [0.717, 1.165) is 11.4 Å². The van der Waals surface area contributed by atoms with Crippen LogP contribution >= 0.6 is 11.3 Å². The first-order chi connectivity index (χ1) is 10.7. The second-order valence-electron chi connectivity index (χ2n) is 4.40. The van der Waals surface area contributed by atoms with E-state index in [4.69, 9.17) is 0 Å². The number of amides is 3. The number of aromatic nitrogens is 2. The minimum Gasteiger partial charge on any atom is -0.337 e. The van der Waals surface area contributed by atoms with Crippen molar-refractivity contribution in [3.63, 3.8) is 0 Å². The van der Waals surface area contributed by atoms with E-state index in [9.17, 15) is 9.59 Å². The van der Waals surface area contributed by atoms with Gasteiger partial charge in [-0.25, -0.2) is 4.79 Å². The first-order valence-corrected chi connectivity index (χ1v) is 7.71. The Balaban J connectivity index is 1.67. The average molecular weight is 319 g/mol. The number of nitrogens with zero attached hydrogens (tertiary/aromatic N) is 2. The summed E-state index contributed by atoms with van der Waals surface area (Å²) in [5.74, 6) is -0.209. The molecule has 3 amide bonds. The lowest BCUT2D eigenvalue weighted by Crippen LogP contribution is -2.31. The Morgan fingerprint density at radius 2 is 1.91 bits per heavy atom. The lowest BCUT2D eigenvalue weighted by Gasteiger charge is -2.07. The molecule has 0 saturated heterocycles. The number of carbonyl (C=O) groups excluding carboxylic acids is 2. The van der Waals surface area contributed by atoms with Crippen molar-refractivity contribution in [2.45, 2.75) is 19.8 Å². The van der Waals surface area contributed by atoms with Crippen molar-refractivity contribution >= 4 is 34.1 Å². The zero-order valence-electron chi connectivity index (χ0n) is 12.1. The second-order valence-corrected chi connectivity index (χ2v) is 5.46. The van der Waals surface area contributed by atoms with Gasteiger partial charge in [0.2, 0.25) is 11.0 Å². The third kappa shape index (κ3) is 5.13. The third-order valence-electron chi connectivity index (χ3n) is 2.68. The van der Waals surface area contributed by atoms with Crippen LogP contribution in [0.2, 0.25) is 0 Å².